The fraction of sp³-hybridized carbons (Fsp3) is 0.235. The number of carbonyl (C=O) groups excluding carboxylic acids is 2. The molecule has 1 saturated heterocycles. The van der Waals surface area contributed by atoms with Crippen LogP contribution in [0.2, 0.25) is 0 Å². The molecular weight excluding hydrogens is 326 g/mol. The summed E-state index contributed by atoms with van der Waals surface area (Å²) < 4.78 is 5.66. The second-order valence-electron chi connectivity index (χ2n) is 5.22. The molecule has 1 aromatic carbocycles. The lowest BCUT2D eigenvalue weighted by molar-refractivity contribution is -0.118. The third-order valence-electron chi connectivity index (χ3n) is 3.45. The smallest absolute Gasteiger partial charge is 0.286 e. The lowest BCUT2D eigenvalue weighted by Crippen LogP contribution is -2.25. The van der Waals surface area contributed by atoms with Crippen molar-refractivity contribution >= 4 is 28.7 Å². The van der Waals surface area contributed by atoms with Crippen molar-refractivity contribution in [2.45, 2.75) is 11.7 Å². The number of rotatable bonds is 7. The molecule has 0 aliphatic carbocycles. The van der Waals surface area contributed by atoms with Gasteiger partial charge in [-0.25, -0.2) is 4.98 Å². The van der Waals surface area contributed by atoms with Crippen LogP contribution in [0.15, 0.2) is 48.7 Å². The molecular formula is C17H17N3O3S. The van der Waals surface area contributed by atoms with E-state index < -0.39 is 0 Å². The first-order chi connectivity index (χ1) is 11.7. The van der Waals surface area contributed by atoms with E-state index in [0.717, 1.165) is 28.9 Å². The summed E-state index contributed by atoms with van der Waals surface area (Å²) >= 11 is 1.04. The van der Waals surface area contributed by atoms with E-state index in [1.165, 1.54) is 0 Å². The number of benzene rings is 1. The van der Waals surface area contributed by atoms with Crippen molar-refractivity contribution in [1.82, 2.24) is 10.3 Å². The number of aromatic nitrogens is 1. The number of hydrogen-bond donors (Lipinski definition) is 2. The number of nitrogens with zero attached hydrogens (tertiary/aromatic N) is 1. The van der Waals surface area contributed by atoms with Crippen molar-refractivity contribution in [3.05, 3.63) is 54.2 Å². The molecule has 7 heteroatoms. The number of ether oxygens (including phenoxy) is 1. The largest absolute Gasteiger partial charge is 0.492 e. The Kier molecular flexibility index (Phi) is 5.32. The molecule has 24 heavy (non-hydrogen) atoms. The fourth-order valence-corrected chi connectivity index (χ4v) is 3.14. The van der Waals surface area contributed by atoms with E-state index in [1.807, 2.05) is 42.5 Å². The highest BCUT2D eigenvalue weighted by molar-refractivity contribution is 8.15. The Morgan fingerprint density at radius 3 is 2.67 bits per heavy atom. The molecule has 1 aliphatic rings. The maximum absolute atomic E-state index is 11.6. The van der Waals surface area contributed by atoms with Gasteiger partial charge in [0.15, 0.2) is 0 Å². The molecule has 0 bridgehead atoms. The van der Waals surface area contributed by atoms with Crippen LogP contribution in [0.25, 0.3) is 0 Å². The summed E-state index contributed by atoms with van der Waals surface area (Å²) in [6, 6.07) is 13.3. The summed E-state index contributed by atoms with van der Waals surface area (Å²) in [5.74, 6) is 1.37. The number of anilines is 1. The quantitative estimate of drug-likeness (QED) is 0.752. The second-order valence-corrected chi connectivity index (χ2v) is 6.40. The Morgan fingerprint density at radius 1 is 1.17 bits per heavy atom. The number of nitrogens with one attached hydrogen (secondary N) is 2. The Balaban J connectivity index is 1.43. The third kappa shape index (κ3) is 4.48. The Hall–Kier alpha value is -2.54. The molecule has 2 N–H and O–H groups in total. The van der Waals surface area contributed by atoms with Gasteiger partial charge in [-0.1, -0.05) is 30.0 Å². The van der Waals surface area contributed by atoms with Gasteiger partial charge in [0.25, 0.3) is 5.24 Å². The number of hydrogen-bond acceptors (Lipinski definition) is 6. The first-order valence-electron chi connectivity index (χ1n) is 7.59. The van der Waals surface area contributed by atoms with Crippen LogP contribution in [0, 0.1) is 0 Å². The molecule has 1 aromatic heterocycles. The number of imide groups is 1. The predicted molar refractivity (Wildman–Crippen MR) is 93.3 cm³/mol. The van der Waals surface area contributed by atoms with E-state index in [2.05, 4.69) is 15.6 Å². The Bertz CT molecular complexity index is 707. The number of pyridine rings is 1. The maximum Gasteiger partial charge on any atom is 0.286 e. The monoisotopic (exact) mass is 343 g/mol. The number of amides is 2. The summed E-state index contributed by atoms with van der Waals surface area (Å²) in [6.45, 7) is 1.17. The van der Waals surface area contributed by atoms with Crippen molar-refractivity contribution in [2.24, 2.45) is 0 Å². The van der Waals surface area contributed by atoms with E-state index >= 15 is 0 Å². The van der Waals surface area contributed by atoms with Gasteiger partial charge in [-0.15, -0.1) is 0 Å². The summed E-state index contributed by atoms with van der Waals surface area (Å²) in [5.41, 5.74) is 0.997. The fourth-order valence-electron chi connectivity index (χ4n) is 2.28. The molecule has 0 saturated carbocycles. The van der Waals surface area contributed by atoms with Gasteiger partial charge >= 0.3 is 0 Å². The van der Waals surface area contributed by atoms with E-state index in [1.54, 1.807) is 6.20 Å². The van der Waals surface area contributed by atoms with Gasteiger partial charge in [0.1, 0.15) is 18.2 Å². The average Bonchev–Trinajstić information content (AvgIpc) is 2.91. The van der Waals surface area contributed by atoms with Crippen molar-refractivity contribution < 1.29 is 14.3 Å². The molecule has 2 amide bonds. The highest BCUT2D eigenvalue weighted by atomic mass is 32.2. The minimum absolute atomic E-state index is 0.217. The van der Waals surface area contributed by atoms with Crippen molar-refractivity contribution in [2.75, 3.05) is 18.5 Å². The number of thioether (sulfide) groups is 1. The van der Waals surface area contributed by atoms with Crippen molar-refractivity contribution in [1.29, 1.82) is 0 Å². The van der Waals surface area contributed by atoms with Gasteiger partial charge in [0.05, 0.1) is 11.8 Å². The highest BCUT2D eigenvalue weighted by Gasteiger charge is 2.31. The minimum Gasteiger partial charge on any atom is -0.492 e. The zero-order valence-corrected chi connectivity index (χ0v) is 13.7. The van der Waals surface area contributed by atoms with Crippen molar-refractivity contribution in [3.63, 3.8) is 0 Å². The SMILES string of the molecule is O=C1NC(=O)[C@@H](Cc2ccc(OCCNc3ccccn3)cc2)S1. The summed E-state index contributed by atoms with van der Waals surface area (Å²) in [4.78, 5) is 26.9. The van der Waals surface area contributed by atoms with Crippen LogP contribution in [0.4, 0.5) is 10.6 Å². The summed E-state index contributed by atoms with van der Waals surface area (Å²) in [7, 11) is 0. The average molecular weight is 343 g/mol. The molecule has 1 fully saturated rings. The molecule has 1 atom stereocenters. The summed E-state index contributed by atoms with van der Waals surface area (Å²) in [5, 5.41) is 4.85. The minimum atomic E-state index is -0.341. The van der Waals surface area contributed by atoms with Crippen LogP contribution in [0.5, 0.6) is 5.75 Å². The first kappa shape index (κ1) is 16.3. The summed E-state index contributed by atoms with van der Waals surface area (Å²) in [6.07, 6.45) is 2.27. The van der Waals surface area contributed by atoms with E-state index in [0.29, 0.717) is 19.6 Å². The zero-order chi connectivity index (χ0) is 16.8. The van der Waals surface area contributed by atoms with Crippen molar-refractivity contribution in [3.8, 4) is 5.75 Å². The van der Waals surface area contributed by atoms with Gasteiger partial charge in [0.2, 0.25) is 5.91 Å². The van der Waals surface area contributed by atoms with E-state index in [9.17, 15) is 9.59 Å². The van der Waals surface area contributed by atoms with Crippen LogP contribution in [0.1, 0.15) is 5.56 Å². The third-order valence-corrected chi connectivity index (χ3v) is 4.43. The molecule has 1 aliphatic heterocycles. The number of carbonyl (C=O) groups is 2. The molecule has 0 radical (unpaired) electrons. The normalized spacial score (nSPS) is 16.8. The first-order valence-corrected chi connectivity index (χ1v) is 8.47. The molecule has 0 spiro atoms. The lowest BCUT2D eigenvalue weighted by atomic mass is 10.1. The van der Waals surface area contributed by atoms with Gasteiger partial charge in [-0.05, 0) is 36.2 Å². The molecule has 124 valence electrons. The van der Waals surface area contributed by atoms with E-state index in [-0.39, 0.29) is 16.4 Å². The van der Waals surface area contributed by atoms with Gasteiger partial charge in [-0.2, -0.15) is 0 Å². The highest BCUT2D eigenvalue weighted by Crippen LogP contribution is 2.23. The maximum atomic E-state index is 11.6. The Morgan fingerprint density at radius 2 is 2.00 bits per heavy atom. The topological polar surface area (TPSA) is 80.3 Å². The Labute approximate surface area is 144 Å². The van der Waals surface area contributed by atoms with Gasteiger partial charge < -0.3 is 10.1 Å². The zero-order valence-electron chi connectivity index (χ0n) is 12.9. The molecule has 2 aromatic rings. The van der Waals surface area contributed by atoms with Gasteiger partial charge in [-0.3, -0.25) is 14.9 Å². The lowest BCUT2D eigenvalue weighted by Gasteiger charge is -2.09. The molecule has 6 nitrogen and oxygen atoms in total. The molecule has 2 heterocycles. The predicted octanol–water partition coefficient (Wildman–Crippen LogP) is 2.47. The van der Waals surface area contributed by atoms with Crippen LogP contribution in [0.3, 0.4) is 0 Å². The van der Waals surface area contributed by atoms with E-state index in [4.69, 9.17) is 4.74 Å². The van der Waals surface area contributed by atoms with Crippen LogP contribution in [-0.4, -0.2) is 34.5 Å². The van der Waals surface area contributed by atoms with Crippen LogP contribution < -0.4 is 15.4 Å². The van der Waals surface area contributed by atoms with Crippen LogP contribution in [-0.2, 0) is 11.2 Å². The molecule has 3 rings (SSSR count). The van der Waals surface area contributed by atoms with Gasteiger partial charge in [0, 0.05) is 6.20 Å². The second kappa shape index (κ2) is 7.83. The standard InChI is InChI=1S/C17H17N3O3S/c21-16-14(24-17(22)20-16)11-12-4-6-13(7-5-12)23-10-9-19-15-3-1-2-8-18-15/h1-8,14H,9-11H2,(H,18,19)(H,20,21,22)/t14-/m1/s1. The molecule has 0 unspecified atom stereocenters. The van der Waals surface area contributed by atoms with Crippen LogP contribution >= 0.6 is 11.8 Å².